The third-order valence-corrected chi connectivity index (χ3v) is 1.28. The summed E-state index contributed by atoms with van der Waals surface area (Å²) < 4.78 is 0. The molecule has 2 N–H and O–H groups in total. The van der Waals surface area contributed by atoms with Crippen molar-refractivity contribution >= 4 is 0 Å². The number of aliphatic hydroxyl groups is 2. The van der Waals surface area contributed by atoms with Crippen LogP contribution >= 0.6 is 0 Å². The summed E-state index contributed by atoms with van der Waals surface area (Å²) in [5, 5.41) is 18.1. The molecule has 0 spiro atoms. The van der Waals surface area contributed by atoms with Gasteiger partial charge >= 0.3 is 0 Å². The molecule has 0 heterocycles. The predicted molar refractivity (Wildman–Crippen MR) is 35.1 cm³/mol. The summed E-state index contributed by atoms with van der Waals surface area (Å²) >= 11 is 0. The van der Waals surface area contributed by atoms with E-state index in [0.29, 0.717) is 6.42 Å². The third kappa shape index (κ3) is 1.57. The standard InChI is InChI=1S/C7H10O2/c1-7(9)4-2-3-6(8)5-7/h2-3,5,8-9H,4H2,1H3. The molecule has 0 amide bonds. The first kappa shape index (κ1) is 6.36. The molecule has 0 aromatic rings. The number of rotatable bonds is 0. The van der Waals surface area contributed by atoms with Gasteiger partial charge in [0.25, 0.3) is 0 Å². The van der Waals surface area contributed by atoms with Crippen LogP contribution in [-0.4, -0.2) is 15.8 Å². The second-order valence-corrected chi connectivity index (χ2v) is 2.53. The fraction of sp³-hybridized carbons (Fsp3) is 0.429. The van der Waals surface area contributed by atoms with Crippen LogP contribution in [-0.2, 0) is 0 Å². The number of hydrogen-bond donors (Lipinski definition) is 2. The maximum Gasteiger partial charge on any atom is 0.114 e. The van der Waals surface area contributed by atoms with E-state index in [-0.39, 0.29) is 5.76 Å². The van der Waals surface area contributed by atoms with E-state index in [0.717, 1.165) is 0 Å². The van der Waals surface area contributed by atoms with E-state index >= 15 is 0 Å². The highest BCUT2D eigenvalue weighted by atomic mass is 16.3. The second-order valence-electron chi connectivity index (χ2n) is 2.53. The van der Waals surface area contributed by atoms with Crippen LogP contribution in [0.15, 0.2) is 24.0 Å². The van der Waals surface area contributed by atoms with Gasteiger partial charge in [0.15, 0.2) is 0 Å². The minimum atomic E-state index is -0.848. The molecule has 9 heavy (non-hydrogen) atoms. The van der Waals surface area contributed by atoms with Gasteiger partial charge < -0.3 is 10.2 Å². The molecule has 2 nitrogen and oxygen atoms in total. The van der Waals surface area contributed by atoms with Crippen molar-refractivity contribution in [2.75, 3.05) is 0 Å². The van der Waals surface area contributed by atoms with Crippen molar-refractivity contribution in [1.82, 2.24) is 0 Å². The van der Waals surface area contributed by atoms with Crippen molar-refractivity contribution in [3.05, 3.63) is 24.0 Å². The first-order valence-corrected chi connectivity index (χ1v) is 2.91. The van der Waals surface area contributed by atoms with Gasteiger partial charge in [-0.05, 0) is 25.5 Å². The van der Waals surface area contributed by atoms with Gasteiger partial charge in [0.1, 0.15) is 5.76 Å². The summed E-state index contributed by atoms with van der Waals surface area (Å²) in [5.74, 6) is 0.145. The Morgan fingerprint density at radius 1 is 1.67 bits per heavy atom. The van der Waals surface area contributed by atoms with Gasteiger partial charge in [-0.15, -0.1) is 0 Å². The van der Waals surface area contributed by atoms with Crippen molar-refractivity contribution in [3.63, 3.8) is 0 Å². The lowest BCUT2D eigenvalue weighted by Crippen LogP contribution is -2.21. The number of allylic oxidation sites excluding steroid dienone is 1. The average molecular weight is 126 g/mol. The minimum absolute atomic E-state index is 0.145. The van der Waals surface area contributed by atoms with Crippen molar-refractivity contribution in [1.29, 1.82) is 0 Å². The Balaban J connectivity index is 2.78. The van der Waals surface area contributed by atoms with Gasteiger partial charge in [-0.2, -0.15) is 0 Å². The summed E-state index contributed by atoms with van der Waals surface area (Å²) in [6.07, 6.45) is 5.34. The molecule has 50 valence electrons. The van der Waals surface area contributed by atoms with Crippen LogP contribution in [0, 0.1) is 0 Å². The normalized spacial score (nSPS) is 34.2. The van der Waals surface area contributed by atoms with E-state index in [4.69, 9.17) is 5.11 Å². The second kappa shape index (κ2) is 1.88. The lowest BCUT2D eigenvalue weighted by Gasteiger charge is -2.19. The minimum Gasteiger partial charge on any atom is -0.508 e. The van der Waals surface area contributed by atoms with Crippen molar-refractivity contribution in [3.8, 4) is 0 Å². The van der Waals surface area contributed by atoms with E-state index in [1.807, 2.05) is 0 Å². The smallest absolute Gasteiger partial charge is 0.114 e. The highest BCUT2D eigenvalue weighted by Crippen LogP contribution is 2.18. The molecular weight excluding hydrogens is 116 g/mol. The molecule has 2 heteroatoms. The molecular formula is C7H10O2. The molecule has 0 aromatic carbocycles. The topological polar surface area (TPSA) is 40.5 Å². The van der Waals surface area contributed by atoms with Crippen molar-refractivity contribution < 1.29 is 10.2 Å². The molecule has 0 radical (unpaired) electrons. The van der Waals surface area contributed by atoms with Crippen molar-refractivity contribution in [2.45, 2.75) is 18.9 Å². The molecule has 0 saturated carbocycles. The summed E-state index contributed by atoms with van der Waals surface area (Å²) in [7, 11) is 0. The Kier molecular flexibility index (Phi) is 1.33. The van der Waals surface area contributed by atoms with Crippen LogP contribution in [0.5, 0.6) is 0 Å². The molecule has 1 atom stereocenters. The van der Waals surface area contributed by atoms with Gasteiger partial charge in [-0.25, -0.2) is 0 Å². The van der Waals surface area contributed by atoms with Crippen LogP contribution in [0.1, 0.15) is 13.3 Å². The van der Waals surface area contributed by atoms with Crippen LogP contribution < -0.4 is 0 Å². The van der Waals surface area contributed by atoms with Gasteiger partial charge in [0.2, 0.25) is 0 Å². The average Bonchev–Trinajstić information content (AvgIpc) is 1.60. The molecule has 0 bridgehead atoms. The first-order chi connectivity index (χ1) is 4.10. The Morgan fingerprint density at radius 2 is 2.33 bits per heavy atom. The van der Waals surface area contributed by atoms with E-state index in [1.165, 1.54) is 6.08 Å². The zero-order valence-electron chi connectivity index (χ0n) is 5.33. The highest BCUT2D eigenvalue weighted by molar-refractivity contribution is 5.21. The Bertz CT molecular complexity index is 166. The maximum absolute atomic E-state index is 9.26. The maximum atomic E-state index is 9.26. The third-order valence-electron chi connectivity index (χ3n) is 1.28. The number of aliphatic hydroxyl groups excluding tert-OH is 1. The first-order valence-electron chi connectivity index (χ1n) is 2.91. The van der Waals surface area contributed by atoms with Crippen LogP contribution in [0.25, 0.3) is 0 Å². The van der Waals surface area contributed by atoms with Crippen molar-refractivity contribution in [2.24, 2.45) is 0 Å². The number of hydrogen-bond acceptors (Lipinski definition) is 2. The van der Waals surface area contributed by atoms with Crippen LogP contribution in [0.4, 0.5) is 0 Å². The van der Waals surface area contributed by atoms with Gasteiger partial charge in [-0.3, -0.25) is 0 Å². The van der Waals surface area contributed by atoms with Gasteiger partial charge in [0.05, 0.1) is 5.60 Å². The SMILES string of the molecule is CC1(O)C=C(O)C=CC1. The molecule has 0 saturated heterocycles. The van der Waals surface area contributed by atoms with Crippen LogP contribution in [0.3, 0.4) is 0 Å². The Morgan fingerprint density at radius 3 is 2.67 bits per heavy atom. The predicted octanol–water partition coefficient (Wildman–Crippen LogP) is 1.14. The molecule has 0 fully saturated rings. The Labute approximate surface area is 54.1 Å². The zero-order chi connectivity index (χ0) is 6.91. The summed E-state index contributed by atoms with van der Waals surface area (Å²) in [6, 6.07) is 0. The molecule has 1 aliphatic carbocycles. The van der Waals surface area contributed by atoms with E-state index in [1.54, 1.807) is 19.1 Å². The van der Waals surface area contributed by atoms with E-state index in [2.05, 4.69) is 0 Å². The summed E-state index contributed by atoms with van der Waals surface area (Å²) in [5.41, 5.74) is -0.848. The van der Waals surface area contributed by atoms with Crippen LogP contribution in [0.2, 0.25) is 0 Å². The lowest BCUT2D eigenvalue weighted by atomic mass is 9.97. The summed E-state index contributed by atoms with van der Waals surface area (Å²) in [6.45, 7) is 1.66. The van der Waals surface area contributed by atoms with E-state index in [9.17, 15) is 5.11 Å². The van der Waals surface area contributed by atoms with Gasteiger partial charge in [0, 0.05) is 0 Å². The van der Waals surface area contributed by atoms with Gasteiger partial charge in [-0.1, -0.05) is 6.08 Å². The Hall–Kier alpha value is -0.760. The molecule has 1 unspecified atom stereocenters. The molecule has 0 aromatic heterocycles. The molecule has 0 aliphatic heterocycles. The molecule has 1 rings (SSSR count). The lowest BCUT2D eigenvalue weighted by molar-refractivity contribution is 0.109. The fourth-order valence-electron chi connectivity index (χ4n) is 0.844. The highest BCUT2D eigenvalue weighted by Gasteiger charge is 2.18. The molecule has 1 aliphatic rings. The zero-order valence-corrected chi connectivity index (χ0v) is 5.33. The summed E-state index contributed by atoms with van der Waals surface area (Å²) in [4.78, 5) is 0. The van der Waals surface area contributed by atoms with E-state index < -0.39 is 5.60 Å². The monoisotopic (exact) mass is 126 g/mol. The quantitative estimate of drug-likeness (QED) is 0.511. The fourth-order valence-corrected chi connectivity index (χ4v) is 0.844. The largest absolute Gasteiger partial charge is 0.508 e.